The van der Waals surface area contributed by atoms with Crippen molar-refractivity contribution in [1.82, 2.24) is 10.9 Å². The van der Waals surface area contributed by atoms with Gasteiger partial charge in [0.1, 0.15) is 18.0 Å². The van der Waals surface area contributed by atoms with E-state index in [9.17, 15) is 14.4 Å². The number of nitrogens with zero attached hydrogens (tertiary/aromatic N) is 1. The zero-order valence-electron chi connectivity index (χ0n) is 15.2. The molecule has 2 N–H and O–H groups in total. The molecular weight excluding hydrogens is 362 g/mol. The molecule has 3 rings (SSSR count). The lowest BCUT2D eigenvalue weighted by Crippen LogP contribution is -2.49. The van der Waals surface area contributed by atoms with Crippen molar-refractivity contribution in [1.29, 1.82) is 0 Å². The molecule has 0 aliphatic carbocycles. The van der Waals surface area contributed by atoms with Gasteiger partial charge < -0.3 is 9.47 Å². The molecule has 3 amide bonds. The lowest BCUT2D eigenvalue weighted by atomic mass is 10.2. The van der Waals surface area contributed by atoms with E-state index in [0.29, 0.717) is 24.5 Å². The van der Waals surface area contributed by atoms with Crippen LogP contribution >= 0.6 is 0 Å². The summed E-state index contributed by atoms with van der Waals surface area (Å²) in [4.78, 5) is 37.3. The van der Waals surface area contributed by atoms with Crippen molar-refractivity contribution in [3.05, 3.63) is 54.6 Å². The molecule has 2 aromatic rings. The molecular formula is C20H21N3O5. The van der Waals surface area contributed by atoms with Gasteiger partial charge in [-0.3, -0.25) is 30.1 Å². The van der Waals surface area contributed by atoms with Crippen molar-refractivity contribution in [2.24, 2.45) is 0 Å². The second-order valence-corrected chi connectivity index (χ2v) is 6.10. The molecule has 0 bridgehead atoms. The number of carbonyl (C=O) groups excluding carboxylic acids is 3. The van der Waals surface area contributed by atoms with Gasteiger partial charge in [-0.25, -0.2) is 0 Å². The Hall–Kier alpha value is -3.55. The molecule has 0 spiro atoms. The van der Waals surface area contributed by atoms with Crippen molar-refractivity contribution in [3.8, 4) is 11.5 Å². The maximum atomic E-state index is 12.1. The molecule has 1 aliphatic heterocycles. The number of fused-ring (bicyclic) bond motifs is 1. The number of hydrogen-bond donors (Lipinski definition) is 2. The molecule has 2 aromatic carbocycles. The van der Waals surface area contributed by atoms with E-state index in [0.717, 1.165) is 5.75 Å². The number of benzene rings is 2. The molecule has 0 fully saturated rings. The van der Waals surface area contributed by atoms with Gasteiger partial charge in [0.05, 0.1) is 12.3 Å². The Morgan fingerprint density at radius 2 is 1.71 bits per heavy atom. The molecule has 1 aliphatic rings. The summed E-state index contributed by atoms with van der Waals surface area (Å²) in [6, 6.07) is 16.3. The number of anilines is 1. The highest BCUT2D eigenvalue weighted by molar-refractivity contribution is 6.02. The van der Waals surface area contributed by atoms with E-state index < -0.39 is 5.91 Å². The Balaban J connectivity index is 1.38. The van der Waals surface area contributed by atoms with Crippen LogP contribution in [0, 0.1) is 0 Å². The zero-order valence-corrected chi connectivity index (χ0v) is 15.2. The predicted octanol–water partition coefficient (Wildman–Crippen LogP) is 1.42. The molecule has 0 saturated carbocycles. The summed E-state index contributed by atoms with van der Waals surface area (Å²) >= 11 is 0. The molecule has 0 atom stereocenters. The summed E-state index contributed by atoms with van der Waals surface area (Å²) in [5.74, 6) is 0.125. The van der Waals surface area contributed by atoms with Gasteiger partial charge in [0, 0.05) is 6.42 Å². The highest BCUT2D eigenvalue weighted by Gasteiger charge is 2.26. The quantitative estimate of drug-likeness (QED) is 0.557. The van der Waals surface area contributed by atoms with Crippen LogP contribution in [0.15, 0.2) is 54.6 Å². The lowest BCUT2D eigenvalue weighted by molar-refractivity contribution is -0.129. The average Bonchev–Trinajstić information content (AvgIpc) is 2.72. The molecule has 0 saturated heterocycles. The molecule has 8 nitrogen and oxygen atoms in total. The third kappa shape index (κ3) is 5.23. The first-order valence-electron chi connectivity index (χ1n) is 8.91. The topological polar surface area (TPSA) is 97.0 Å². The second kappa shape index (κ2) is 9.40. The second-order valence-electron chi connectivity index (χ2n) is 6.10. The number of carbonyl (C=O) groups is 3. The molecule has 28 heavy (non-hydrogen) atoms. The van der Waals surface area contributed by atoms with Crippen LogP contribution in [0.3, 0.4) is 0 Å². The maximum Gasteiger partial charge on any atom is 0.265 e. The zero-order chi connectivity index (χ0) is 19.8. The minimum absolute atomic E-state index is 0.127. The van der Waals surface area contributed by atoms with Gasteiger partial charge in [-0.05, 0) is 30.7 Å². The van der Waals surface area contributed by atoms with Crippen LogP contribution in [0.25, 0.3) is 0 Å². The third-order valence-electron chi connectivity index (χ3n) is 4.01. The van der Waals surface area contributed by atoms with Crippen LogP contribution in [-0.4, -0.2) is 37.5 Å². The van der Waals surface area contributed by atoms with E-state index in [1.165, 1.54) is 4.90 Å². The number of nitrogens with one attached hydrogen (secondary N) is 2. The molecule has 1 heterocycles. The highest BCUT2D eigenvalue weighted by atomic mass is 16.5. The van der Waals surface area contributed by atoms with E-state index in [4.69, 9.17) is 9.47 Å². The Morgan fingerprint density at radius 3 is 2.54 bits per heavy atom. The fourth-order valence-corrected chi connectivity index (χ4v) is 2.65. The number of para-hydroxylation sites is 3. The van der Waals surface area contributed by atoms with Crippen molar-refractivity contribution in [2.45, 2.75) is 12.8 Å². The van der Waals surface area contributed by atoms with E-state index in [2.05, 4.69) is 10.9 Å². The summed E-state index contributed by atoms with van der Waals surface area (Å²) in [5.41, 5.74) is 5.20. The van der Waals surface area contributed by atoms with Crippen molar-refractivity contribution >= 4 is 23.4 Å². The number of ether oxygens (including phenoxy) is 2. The monoisotopic (exact) mass is 383 g/mol. The number of hydrogen-bond acceptors (Lipinski definition) is 5. The average molecular weight is 383 g/mol. The van der Waals surface area contributed by atoms with Crippen molar-refractivity contribution in [2.75, 3.05) is 24.7 Å². The first-order valence-corrected chi connectivity index (χ1v) is 8.91. The molecule has 146 valence electrons. The van der Waals surface area contributed by atoms with Crippen molar-refractivity contribution in [3.63, 3.8) is 0 Å². The Bertz CT molecular complexity index is 841. The molecule has 0 aromatic heterocycles. The smallest absolute Gasteiger partial charge is 0.265 e. The third-order valence-corrected chi connectivity index (χ3v) is 4.01. The van der Waals surface area contributed by atoms with E-state index >= 15 is 0 Å². The van der Waals surface area contributed by atoms with Crippen LogP contribution in [0.5, 0.6) is 11.5 Å². The number of amides is 3. The van der Waals surface area contributed by atoms with Crippen LogP contribution in [0.1, 0.15) is 12.8 Å². The van der Waals surface area contributed by atoms with Gasteiger partial charge in [0.15, 0.2) is 6.61 Å². The first kappa shape index (κ1) is 19.2. The predicted molar refractivity (Wildman–Crippen MR) is 102 cm³/mol. The summed E-state index contributed by atoms with van der Waals surface area (Å²) in [6.45, 7) is 0.0547. The van der Waals surface area contributed by atoms with Gasteiger partial charge in [0.25, 0.3) is 11.8 Å². The Morgan fingerprint density at radius 1 is 1.00 bits per heavy atom. The van der Waals surface area contributed by atoms with E-state index in [1.807, 2.05) is 30.3 Å². The standard InChI is InChI=1S/C20H21N3O5/c24-18(11-6-12-27-15-7-2-1-3-8-15)21-22-19(25)13-23-16-9-4-5-10-17(16)28-14-20(23)26/h1-5,7-10H,6,11-14H2,(H,21,24)(H,22,25). The first-order chi connectivity index (χ1) is 13.6. The maximum absolute atomic E-state index is 12.1. The number of hydrazine groups is 1. The largest absolute Gasteiger partial charge is 0.494 e. The summed E-state index contributed by atoms with van der Waals surface area (Å²) < 4.78 is 10.8. The van der Waals surface area contributed by atoms with E-state index in [1.54, 1.807) is 24.3 Å². The molecule has 8 heteroatoms. The van der Waals surface area contributed by atoms with Gasteiger partial charge in [-0.1, -0.05) is 30.3 Å². The fraction of sp³-hybridized carbons (Fsp3) is 0.250. The molecule has 0 radical (unpaired) electrons. The molecule has 0 unspecified atom stereocenters. The highest BCUT2D eigenvalue weighted by Crippen LogP contribution is 2.31. The SMILES string of the molecule is O=C(CCCOc1ccccc1)NNC(=O)CN1C(=O)COc2ccccc21. The lowest BCUT2D eigenvalue weighted by Gasteiger charge is -2.28. The van der Waals surface area contributed by atoms with E-state index in [-0.39, 0.29) is 31.4 Å². The minimum atomic E-state index is -0.501. The normalized spacial score (nSPS) is 12.6. The number of rotatable bonds is 7. The van der Waals surface area contributed by atoms with Crippen LogP contribution < -0.4 is 25.2 Å². The summed E-state index contributed by atoms with van der Waals surface area (Å²) in [7, 11) is 0. The van der Waals surface area contributed by atoms with Gasteiger partial charge in [0.2, 0.25) is 5.91 Å². The van der Waals surface area contributed by atoms with Gasteiger partial charge in [-0.2, -0.15) is 0 Å². The Kier molecular flexibility index (Phi) is 6.46. The van der Waals surface area contributed by atoms with Crippen LogP contribution in [0.4, 0.5) is 5.69 Å². The van der Waals surface area contributed by atoms with Gasteiger partial charge in [-0.15, -0.1) is 0 Å². The van der Waals surface area contributed by atoms with Gasteiger partial charge >= 0.3 is 0 Å². The Labute approximate surface area is 162 Å². The summed E-state index contributed by atoms with van der Waals surface area (Å²) in [6.07, 6.45) is 0.707. The van der Waals surface area contributed by atoms with Crippen LogP contribution in [-0.2, 0) is 14.4 Å². The van der Waals surface area contributed by atoms with Crippen LogP contribution in [0.2, 0.25) is 0 Å². The summed E-state index contributed by atoms with van der Waals surface area (Å²) in [5, 5.41) is 0. The minimum Gasteiger partial charge on any atom is -0.494 e. The fourth-order valence-electron chi connectivity index (χ4n) is 2.65. The van der Waals surface area contributed by atoms with Crippen molar-refractivity contribution < 1.29 is 23.9 Å².